The number of nitrogens with one attached hydrogen (secondary N) is 1. The smallest absolute Gasteiger partial charge is 0.0401 e. The van der Waals surface area contributed by atoms with Gasteiger partial charge in [-0.2, -0.15) is 0 Å². The van der Waals surface area contributed by atoms with Gasteiger partial charge in [0.15, 0.2) is 0 Å². The lowest BCUT2D eigenvalue weighted by atomic mass is 10.1. The molecule has 3 aromatic rings. The summed E-state index contributed by atoms with van der Waals surface area (Å²) in [6.07, 6.45) is 0. The van der Waals surface area contributed by atoms with Crippen LogP contribution < -0.4 is 5.32 Å². The Bertz CT molecular complexity index is 749. The lowest BCUT2D eigenvalue weighted by molar-refractivity contribution is 1.14. The maximum absolute atomic E-state index is 3.56. The summed E-state index contributed by atoms with van der Waals surface area (Å²) in [6.45, 7) is 2.95. The van der Waals surface area contributed by atoms with Crippen LogP contribution in [0.4, 0.5) is 5.69 Å². The van der Waals surface area contributed by atoms with Gasteiger partial charge in [-0.05, 0) is 47.0 Å². The normalized spacial score (nSPS) is 10.7. The highest BCUT2D eigenvalue weighted by Crippen LogP contribution is 2.24. The molecule has 20 heavy (non-hydrogen) atoms. The van der Waals surface area contributed by atoms with E-state index in [4.69, 9.17) is 0 Å². The summed E-state index contributed by atoms with van der Waals surface area (Å²) in [5.74, 6) is 0. The molecular weight excluding hydrogens is 310 g/mol. The lowest BCUT2D eigenvalue weighted by Crippen LogP contribution is -2.01. The largest absolute Gasteiger partial charge is 0.381 e. The van der Waals surface area contributed by atoms with E-state index in [1.54, 1.807) is 0 Å². The third-order valence-corrected chi connectivity index (χ3v) is 4.42. The second kappa shape index (κ2) is 5.68. The molecule has 0 saturated carbocycles. The Balaban J connectivity index is 1.81. The molecule has 3 aromatic carbocycles. The number of halogens is 1. The van der Waals surface area contributed by atoms with Gasteiger partial charge in [0.05, 0.1) is 0 Å². The number of hydrogen-bond donors (Lipinski definition) is 1. The van der Waals surface area contributed by atoms with Gasteiger partial charge in [0.1, 0.15) is 0 Å². The second-order valence-corrected chi connectivity index (χ2v) is 5.80. The highest BCUT2D eigenvalue weighted by atomic mass is 79.9. The summed E-state index contributed by atoms with van der Waals surface area (Å²) in [7, 11) is 0. The Hall–Kier alpha value is -1.80. The number of benzene rings is 3. The van der Waals surface area contributed by atoms with Gasteiger partial charge in [0.25, 0.3) is 0 Å². The predicted molar refractivity (Wildman–Crippen MR) is 90.2 cm³/mol. The molecule has 0 heterocycles. The van der Waals surface area contributed by atoms with Crippen molar-refractivity contribution < 1.29 is 0 Å². The van der Waals surface area contributed by atoms with Crippen molar-refractivity contribution >= 4 is 32.4 Å². The maximum Gasteiger partial charge on any atom is 0.0401 e. The van der Waals surface area contributed by atoms with Gasteiger partial charge in [-0.3, -0.25) is 0 Å². The van der Waals surface area contributed by atoms with Crippen molar-refractivity contribution in [3.8, 4) is 0 Å². The van der Waals surface area contributed by atoms with Crippen molar-refractivity contribution in [2.45, 2.75) is 13.5 Å². The molecule has 0 atom stereocenters. The van der Waals surface area contributed by atoms with E-state index >= 15 is 0 Å². The number of rotatable bonds is 3. The summed E-state index contributed by atoms with van der Waals surface area (Å²) in [5.41, 5.74) is 3.71. The van der Waals surface area contributed by atoms with E-state index in [9.17, 15) is 0 Å². The van der Waals surface area contributed by atoms with Gasteiger partial charge in [0.2, 0.25) is 0 Å². The molecule has 2 heteroatoms. The molecule has 1 N–H and O–H groups in total. The summed E-state index contributed by atoms with van der Waals surface area (Å²) in [5, 5.41) is 6.08. The minimum Gasteiger partial charge on any atom is -0.381 e. The zero-order chi connectivity index (χ0) is 13.9. The van der Waals surface area contributed by atoms with Crippen molar-refractivity contribution in [1.29, 1.82) is 0 Å². The Morgan fingerprint density at radius 2 is 1.70 bits per heavy atom. The van der Waals surface area contributed by atoms with Crippen molar-refractivity contribution in [3.63, 3.8) is 0 Å². The first-order valence-electron chi connectivity index (χ1n) is 6.71. The first-order chi connectivity index (χ1) is 9.74. The third kappa shape index (κ3) is 2.70. The Morgan fingerprint density at radius 3 is 2.55 bits per heavy atom. The molecule has 0 spiro atoms. The highest BCUT2D eigenvalue weighted by Gasteiger charge is 2.02. The molecule has 0 amide bonds. The molecule has 100 valence electrons. The first-order valence-corrected chi connectivity index (χ1v) is 7.50. The molecule has 1 nitrogen and oxygen atoms in total. The predicted octanol–water partition coefficient (Wildman–Crippen LogP) is 5.52. The zero-order valence-corrected chi connectivity index (χ0v) is 12.9. The third-order valence-electron chi connectivity index (χ3n) is 3.56. The molecule has 0 fully saturated rings. The molecule has 0 aliphatic carbocycles. The van der Waals surface area contributed by atoms with Gasteiger partial charge in [-0.25, -0.2) is 0 Å². The summed E-state index contributed by atoms with van der Waals surface area (Å²) in [6, 6.07) is 21.3. The number of fused-ring (bicyclic) bond motifs is 1. The molecule has 0 aliphatic heterocycles. The average Bonchev–Trinajstić information content (AvgIpc) is 2.48. The number of hydrogen-bond acceptors (Lipinski definition) is 1. The van der Waals surface area contributed by atoms with Crippen LogP contribution in [0.5, 0.6) is 0 Å². The van der Waals surface area contributed by atoms with Crippen LogP contribution in [0.2, 0.25) is 0 Å². The van der Waals surface area contributed by atoms with Gasteiger partial charge in [-0.15, -0.1) is 0 Å². The standard InChI is InChI=1S/C18H16BrN/c1-13-17(19)7-4-8-18(13)20-12-14-9-10-15-5-2-3-6-16(15)11-14/h2-11,20H,12H2,1H3. The maximum atomic E-state index is 3.56. The van der Waals surface area contributed by atoms with Crippen LogP contribution in [0.1, 0.15) is 11.1 Å². The van der Waals surface area contributed by atoms with E-state index in [-0.39, 0.29) is 0 Å². The fraction of sp³-hybridized carbons (Fsp3) is 0.111. The van der Waals surface area contributed by atoms with Crippen molar-refractivity contribution in [3.05, 3.63) is 76.3 Å². The average molecular weight is 326 g/mol. The fourth-order valence-corrected chi connectivity index (χ4v) is 2.71. The van der Waals surface area contributed by atoms with Crippen LogP contribution in [-0.2, 0) is 6.54 Å². The van der Waals surface area contributed by atoms with Crippen molar-refractivity contribution in [2.24, 2.45) is 0 Å². The van der Waals surface area contributed by atoms with Gasteiger partial charge < -0.3 is 5.32 Å². The zero-order valence-electron chi connectivity index (χ0n) is 11.4. The van der Waals surface area contributed by atoms with Crippen LogP contribution in [0.15, 0.2) is 65.1 Å². The molecule has 3 rings (SSSR count). The van der Waals surface area contributed by atoms with E-state index < -0.39 is 0 Å². The lowest BCUT2D eigenvalue weighted by Gasteiger charge is -2.11. The van der Waals surface area contributed by atoms with Gasteiger partial charge in [-0.1, -0.05) is 58.4 Å². The summed E-state index contributed by atoms with van der Waals surface area (Å²) >= 11 is 3.56. The quantitative estimate of drug-likeness (QED) is 0.668. The molecule has 0 aromatic heterocycles. The minimum absolute atomic E-state index is 0.835. The van der Waals surface area contributed by atoms with E-state index in [0.29, 0.717) is 0 Å². The van der Waals surface area contributed by atoms with Crippen LogP contribution in [-0.4, -0.2) is 0 Å². The molecule has 0 aliphatic rings. The van der Waals surface area contributed by atoms with E-state index in [2.05, 4.69) is 88.8 Å². The monoisotopic (exact) mass is 325 g/mol. The van der Waals surface area contributed by atoms with Crippen molar-refractivity contribution in [1.82, 2.24) is 0 Å². The van der Waals surface area contributed by atoms with E-state index in [1.165, 1.54) is 27.6 Å². The summed E-state index contributed by atoms with van der Waals surface area (Å²) < 4.78 is 1.14. The SMILES string of the molecule is Cc1c(Br)cccc1NCc1ccc2ccccc2c1. The Morgan fingerprint density at radius 1 is 0.900 bits per heavy atom. The molecule has 0 bridgehead atoms. The van der Waals surface area contributed by atoms with Crippen LogP contribution in [0.3, 0.4) is 0 Å². The van der Waals surface area contributed by atoms with Crippen LogP contribution in [0, 0.1) is 6.92 Å². The Labute approximate surface area is 127 Å². The number of anilines is 1. The van der Waals surface area contributed by atoms with Crippen LogP contribution >= 0.6 is 15.9 Å². The molecule has 0 saturated heterocycles. The fourth-order valence-electron chi connectivity index (χ4n) is 2.35. The molecule has 0 radical (unpaired) electrons. The first kappa shape index (κ1) is 13.2. The minimum atomic E-state index is 0.835. The second-order valence-electron chi connectivity index (χ2n) is 4.95. The van der Waals surface area contributed by atoms with Gasteiger partial charge in [0, 0.05) is 16.7 Å². The Kier molecular flexibility index (Phi) is 3.75. The highest BCUT2D eigenvalue weighted by molar-refractivity contribution is 9.10. The molecular formula is C18H16BrN. The van der Waals surface area contributed by atoms with Gasteiger partial charge >= 0.3 is 0 Å². The topological polar surface area (TPSA) is 12.0 Å². The summed E-state index contributed by atoms with van der Waals surface area (Å²) in [4.78, 5) is 0. The van der Waals surface area contributed by atoms with E-state index in [1.807, 2.05) is 0 Å². The molecule has 0 unspecified atom stereocenters. The van der Waals surface area contributed by atoms with Crippen LogP contribution in [0.25, 0.3) is 10.8 Å². The van der Waals surface area contributed by atoms with Crippen molar-refractivity contribution in [2.75, 3.05) is 5.32 Å². The van der Waals surface area contributed by atoms with E-state index in [0.717, 1.165) is 11.0 Å².